The van der Waals surface area contributed by atoms with Gasteiger partial charge in [-0.1, -0.05) is 19.1 Å². The fourth-order valence-corrected chi connectivity index (χ4v) is 2.24. The molecule has 0 spiro atoms. The van der Waals surface area contributed by atoms with E-state index in [1.807, 2.05) is 6.92 Å². The van der Waals surface area contributed by atoms with Crippen molar-refractivity contribution in [3.05, 3.63) is 0 Å². The smallest absolute Gasteiger partial charge is 0.230 e. The van der Waals surface area contributed by atoms with Gasteiger partial charge in [-0.05, 0) is 39.4 Å². The number of nitrogens with zero attached hydrogens (tertiary/aromatic N) is 1. The highest BCUT2D eigenvalue weighted by molar-refractivity contribution is 7.80. The number of nitrogens with two attached hydrogens (primary N) is 1. The molecule has 92 valence electrons. The summed E-state index contributed by atoms with van der Waals surface area (Å²) in [4.78, 5) is 14.4. The van der Waals surface area contributed by atoms with E-state index >= 15 is 0 Å². The minimum Gasteiger partial charge on any atom is -0.393 e. The van der Waals surface area contributed by atoms with Crippen molar-refractivity contribution in [2.24, 2.45) is 11.7 Å². The van der Waals surface area contributed by atoms with Crippen molar-refractivity contribution >= 4 is 23.1 Å². The first-order valence-corrected chi connectivity index (χ1v) is 6.23. The summed E-state index contributed by atoms with van der Waals surface area (Å²) in [6.45, 7) is 4.00. The highest BCUT2D eigenvalue weighted by atomic mass is 32.1. The number of nitrogens with one attached hydrogen (secondary N) is 1. The normalized spacial score (nSPS) is 20.4. The molecule has 1 amide bonds. The molecule has 1 aliphatic heterocycles. The molecule has 1 rings (SSSR count). The van der Waals surface area contributed by atoms with Crippen molar-refractivity contribution in [2.75, 3.05) is 20.1 Å². The first kappa shape index (κ1) is 13.4. The lowest BCUT2D eigenvalue weighted by molar-refractivity contribution is -0.124. The van der Waals surface area contributed by atoms with E-state index in [0.29, 0.717) is 11.4 Å². The second kappa shape index (κ2) is 6.15. The van der Waals surface area contributed by atoms with Crippen molar-refractivity contribution in [1.82, 2.24) is 10.2 Å². The zero-order chi connectivity index (χ0) is 12.1. The van der Waals surface area contributed by atoms with Gasteiger partial charge in [-0.15, -0.1) is 0 Å². The zero-order valence-corrected chi connectivity index (χ0v) is 10.8. The van der Waals surface area contributed by atoms with Crippen LogP contribution in [0.25, 0.3) is 0 Å². The van der Waals surface area contributed by atoms with Crippen molar-refractivity contribution in [2.45, 2.75) is 32.2 Å². The lowest BCUT2D eigenvalue weighted by atomic mass is 10.0. The largest absolute Gasteiger partial charge is 0.393 e. The average molecular weight is 243 g/mol. The fourth-order valence-electron chi connectivity index (χ4n) is 1.97. The maximum Gasteiger partial charge on any atom is 0.230 e. The molecular formula is C11H21N3OS. The Labute approximate surface area is 103 Å². The molecule has 1 atom stereocenters. The third kappa shape index (κ3) is 3.72. The summed E-state index contributed by atoms with van der Waals surface area (Å²) >= 11 is 4.89. The lowest BCUT2D eigenvalue weighted by Gasteiger charge is -2.30. The third-order valence-corrected chi connectivity index (χ3v) is 3.42. The molecule has 0 aromatic heterocycles. The number of amides is 1. The lowest BCUT2D eigenvalue weighted by Crippen LogP contribution is -2.47. The second-order valence-electron chi connectivity index (χ2n) is 4.45. The fraction of sp³-hybridized carbons (Fsp3) is 0.818. The highest BCUT2D eigenvalue weighted by Gasteiger charge is 2.24. The van der Waals surface area contributed by atoms with Crippen molar-refractivity contribution in [1.29, 1.82) is 0 Å². The maximum absolute atomic E-state index is 11.9. The molecule has 5 heteroatoms. The number of likely N-dealkylation sites (tertiary alicyclic amines) is 1. The van der Waals surface area contributed by atoms with Crippen LogP contribution in [0.5, 0.6) is 0 Å². The van der Waals surface area contributed by atoms with E-state index in [4.69, 9.17) is 18.0 Å². The summed E-state index contributed by atoms with van der Waals surface area (Å²) in [6, 6.07) is 0.284. The summed E-state index contributed by atoms with van der Waals surface area (Å²) in [5, 5.41) is 3.04. The summed E-state index contributed by atoms with van der Waals surface area (Å²) < 4.78 is 0. The number of piperidine rings is 1. The predicted molar refractivity (Wildman–Crippen MR) is 69.2 cm³/mol. The van der Waals surface area contributed by atoms with Gasteiger partial charge in [0.2, 0.25) is 5.91 Å². The minimum atomic E-state index is -0.311. The van der Waals surface area contributed by atoms with E-state index in [0.717, 1.165) is 25.9 Å². The predicted octanol–water partition coefficient (Wildman–Crippen LogP) is 0.509. The number of carbonyl (C=O) groups excluding carboxylic acids is 1. The van der Waals surface area contributed by atoms with Crippen LogP contribution in [-0.2, 0) is 4.79 Å². The van der Waals surface area contributed by atoms with Crippen LogP contribution in [0.3, 0.4) is 0 Å². The van der Waals surface area contributed by atoms with Gasteiger partial charge in [-0.2, -0.15) is 0 Å². The Balaban J connectivity index is 2.41. The van der Waals surface area contributed by atoms with Gasteiger partial charge in [0.1, 0.15) is 0 Å². The van der Waals surface area contributed by atoms with E-state index in [-0.39, 0.29) is 17.9 Å². The number of hydrogen-bond acceptors (Lipinski definition) is 3. The maximum atomic E-state index is 11.9. The third-order valence-electron chi connectivity index (χ3n) is 3.13. The van der Waals surface area contributed by atoms with Gasteiger partial charge >= 0.3 is 0 Å². The zero-order valence-electron chi connectivity index (χ0n) is 10.0. The van der Waals surface area contributed by atoms with Crippen LogP contribution < -0.4 is 11.1 Å². The molecule has 1 heterocycles. The van der Waals surface area contributed by atoms with Crippen LogP contribution in [0.1, 0.15) is 26.2 Å². The first-order valence-electron chi connectivity index (χ1n) is 5.82. The van der Waals surface area contributed by atoms with Crippen LogP contribution in [-0.4, -0.2) is 42.0 Å². The molecule has 1 unspecified atom stereocenters. The minimum absolute atomic E-state index is 0.00967. The van der Waals surface area contributed by atoms with Crippen LogP contribution >= 0.6 is 12.2 Å². The Morgan fingerprint density at radius 1 is 1.56 bits per heavy atom. The van der Waals surface area contributed by atoms with Crippen LogP contribution in [0.2, 0.25) is 0 Å². The molecule has 3 N–H and O–H groups in total. The van der Waals surface area contributed by atoms with Gasteiger partial charge in [-0.25, -0.2) is 0 Å². The molecule has 0 aromatic carbocycles. The summed E-state index contributed by atoms with van der Waals surface area (Å²) in [6.07, 6.45) is 2.69. The Bertz CT molecular complexity index is 262. The van der Waals surface area contributed by atoms with Crippen LogP contribution in [0.4, 0.5) is 0 Å². The van der Waals surface area contributed by atoms with Crippen LogP contribution in [0.15, 0.2) is 0 Å². The Kier molecular flexibility index (Phi) is 5.15. The Morgan fingerprint density at radius 3 is 2.56 bits per heavy atom. The van der Waals surface area contributed by atoms with Gasteiger partial charge in [0.25, 0.3) is 0 Å². The van der Waals surface area contributed by atoms with Crippen molar-refractivity contribution in [3.63, 3.8) is 0 Å². The first-order chi connectivity index (χ1) is 7.54. The molecule has 1 aliphatic rings. The average Bonchev–Trinajstić information content (AvgIpc) is 2.22. The summed E-state index contributed by atoms with van der Waals surface area (Å²) in [5.74, 6) is -0.320. The van der Waals surface area contributed by atoms with Crippen molar-refractivity contribution in [3.8, 4) is 0 Å². The van der Waals surface area contributed by atoms with E-state index in [2.05, 4.69) is 17.3 Å². The SMILES string of the molecule is CCC(C(=O)NC1CCN(C)CC1)C(N)=S. The molecule has 0 radical (unpaired) electrons. The quantitative estimate of drug-likeness (QED) is 0.706. The molecule has 4 nitrogen and oxygen atoms in total. The summed E-state index contributed by atoms with van der Waals surface area (Å²) in [5.41, 5.74) is 5.54. The van der Waals surface area contributed by atoms with E-state index < -0.39 is 0 Å². The van der Waals surface area contributed by atoms with Crippen LogP contribution in [0, 0.1) is 5.92 Å². The molecule has 1 fully saturated rings. The standard InChI is InChI=1S/C11H21N3OS/c1-3-9(10(12)16)11(15)13-8-4-6-14(2)7-5-8/h8-9H,3-7H2,1-2H3,(H2,12,16)(H,13,15). The molecule has 0 aromatic rings. The molecule has 0 aliphatic carbocycles. The topological polar surface area (TPSA) is 58.4 Å². The number of hydrogen-bond donors (Lipinski definition) is 2. The Morgan fingerprint density at radius 2 is 2.12 bits per heavy atom. The molecule has 1 saturated heterocycles. The summed E-state index contributed by atoms with van der Waals surface area (Å²) in [7, 11) is 2.10. The molecular weight excluding hydrogens is 222 g/mol. The van der Waals surface area contributed by atoms with Crippen molar-refractivity contribution < 1.29 is 4.79 Å². The van der Waals surface area contributed by atoms with Gasteiger partial charge in [0.15, 0.2) is 0 Å². The number of carbonyl (C=O) groups is 1. The van der Waals surface area contributed by atoms with Gasteiger partial charge < -0.3 is 16.0 Å². The Hall–Kier alpha value is -0.680. The number of thiocarbonyl (C=S) groups is 1. The molecule has 16 heavy (non-hydrogen) atoms. The number of rotatable bonds is 4. The van der Waals surface area contributed by atoms with Gasteiger partial charge in [0, 0.05) is 6.04 Å². The van der Waals surface area contributed by atoms with E-state index in [1.54, 1.807) is 0 Å². The second-order valence-corrected chi connectivity index (χ2v) is 4.92. The molecule has 0 saturated carbocycles. The van der Waals surface area contributed by atoms with Gasteiger partial charge in [0.05, 0.1) is 10.9 Å². The molecule has 0 bridgehead atoms. The van der Waals surface area contributed by atoms with E-state index in [1.165, 1.54) is 0 Å². The van der Waals surface area contributed by atoms with Gasteiger partial charge in [-0.3, -0.25) is 4.79 Å². The highest BCUT2D eigenvalue weighted by Crippen LogP contribution is 2.10. The monoisotopic (exact) mass is 243 g/mol. The van der Waals surface area contributed by atoms with E-state index in [9.17, 15) is 4.79 Å².